The summed E-state index contributed by atoms with van der Waals surface area (Å²) in [4.78, 5) is 1.33. The van der Waals surface area contributed by atoms with Crippen LogP contribution in [0.15, 0.2) is 29.2 Å². The van der Waals surface area contributed by atoms with Crippen molar-refractivity contribution in [3.05, 3.63) is 29.8 Å². The average molecular weight is 209 g/mol. The lowest BCUT2D eigenvalue weighted by Gasteiger charge is -2.10. The summed E-state index contributed by atoms with van der Waals surface area (Å²) in [5.41, 5.74) is 7.18. The van der Waals surface area contributed by atoms with Crippen molar-refractivity contribution in [3.63, 3.8) is 0 Å². The van der Waals surface area contributed by atoms with E-state index < -0.39 is 0 Å². The van der Waals surface area contributed by atoms with Gasteiger partial charge in [0.25, 0.3) is 0 Å². The normalized spacial score (nSPS) is 13.2. The van der Waals surface area contributed by atoms with Crippen LogP contribution in [0.1, 0.15) is 38.8 Å². The molecule has 0 heterocycles. The number of rotatable bonds is 4. The van der Waals surface area contributed by atoms with E-state index >= 15 is 0 Å². The van der Waals surface area contributed by atoms with Crippen molar-refractivity contribution >= 4 is 11.8 Å². The first-order valence-electron chi connectivity index (χ1n) is 5.15. The van der Waals surface area contributed by atoms with Gasteiger partial charge in [-0.1, -0.05) is 32.9 Å². The molecule has 78 valence electrons. The maximum Gasteiger partial charge on any atom is 0.0292 e. The van der Waals surface area contributed by atoms with E-state index in [1.807, 2.05) is 11.8 Å². The molecule has 1 atom stereocenters. The predicted molar refractivity (Wildman–Crippen MR) is 64.7 cm³/mol. The van der Waals surface area contributed by atoms with Crippen molar-refractivity contribution in [2.75, 3.05) is 0 Å². The van der Waals surface area contributed by atoms with Crippen LogP contribution in [-0.4, -0.2) is 5.25 Å². The molecule has 0 aliphatic carbocycles. The highest BCUT2D eigenvalue weighted by Gasteiger charge is 2.03. The average Bonchev–Trinajstić information content (AvgIpc) is 2.17. The molecule has 0 saturated heterocycles. The molecule has 0 bridgehead atoms. The molecule has 0 amide bonds. The van der Waals surface area contributed by atoms with Crippen LogP contribution in [0.25, 0.3) is 0 Å². The molecule has 0 saturated carbocycles. The molecule has 14 heavy (non-hydrogen) atoms. The van der Waals surface area contributed by atoms with Gasteiger partial charge in [-0.05, 0) is 24.1 Å². The minimum atomic E-state index is 0.188. The Morgan fingerprint density at radius 3 is 2.21 bits per heavy atom. The highest BCUT2D eigenvalue weighted by atomic mass is 32.2. The van der Waals surface area contributed by atoms with E-state index in [0.717, 1.165) is 6.42 Å². The van der Waals surface area contributed by atoms with E-state index in [1.54, 1.807) is 0 Å². The monoisotopic (exact) mass is 209 g/mol. The molecule has 0 aliphatic heterocycles. The first-order chi connectivity index (χ1) is 6.63. The van der Waals surface area contributed by atoms with Gasteiger partial charge in [-0.25, -0.2) is 0 Å². The summed E-state index contributed by atoms with van der Waals surface area (Å²) in [6, 6.07) is 8.79. The Kier molecular flexibility index (Phi) is 4.49. The van der Waals surface area contributed by atoms with Gasteiger partial charge in [0.1, 0.15) is 0 Å². The second-order valence-corrected chi connectivity index (χ2v) is 5.40. The van der Waals surface area contributed by atoms with Crippen LogP contribution in [0.4, 0.5) is 0 Å². The molecular formula is C12H19NS. The highest BCUT2D eigenvalue weighted by molar-refractivity contribution is 7.99. The van der Waals surface area contributed by atoms with Gasteiger partial charge in [0.2, 0.25) is 0 Å². The molecule has 2 heteroatoms. The van der Waals surface area contributed by atoms with Gasteiger partial charge < -0.3 is 5.73 Å². The first kappa shape index (κ1) is 11.6. The topological polar surface area (TPSA) is 26.0 Å². The van der Waals surface area contributed by atoms with Gasteiger partial charge in [0.15, 0.2) is 0 Å². The van der Waals surface area contributed by atoms with Crippen molar-refractivity contribution in [1.82, 2.24) is 0 Å². The molecule has 0 aromatic heterocycles. The molecule has 2 N–H and O–H groups in total. The third kappa shape index (κ3) is 3.35. The van der Waals surface area contributed by atoms with Crippen molar-refractivity contribution < 1.29 is 0 Å². The maximum atomic E-state index is 5.94. The van der Waals surface area contributed by atoms with Crippen LogP contribution in [0.3, 0.4) is 0 Å². The SMILES string of the molecule is CC[C@@H](N)c1ccc(SC(C)C)cc1. The largest absolute Gasteiger partial charge is 0.324 e. The second kappa shape index (κ2) is 5.42. The number of nitrogens with two attached hydrogens (primary N) is 1. The second-order valence-electron chi connectivity index (χ2n) is 3.75. The van der Waals surface area contributed by atoms with Crippen molar-refractivity contribution in [1.29, 1.82) is 0 Å². The Morgan fingerprint density at radius 1 is 1.21 bits per heavy atom. The van der Waals surface area contributed by atoms with Crippen molar-refractivity contribution in [3.8, 4) is 0 Å². The molecule has 1 aromatic rings. The Morgan fingerprint density at radius 2 is 1.79 bits per heavy atom. The zero-order valence-electron chi connectivity index (χ0n) is 9.16. The van der Waals surface area contributed by atoms with Crippen molar-refractivity contribution in [2.24, 2.45) is 5.73 Å². The van der Waals surface area contributed by atoms with Gasteiger partial charge in [0.05, 0.1) is 0 Å². The highest BCUT2D eigenvalue weighted by Crippen LogP contribution is 2.24. The fraction of sp³-hybridized carbons (Fsp3) is 0.500. The van der Waals surface area contributed by atoms with Crippen LogP contribution in [0.5, 0.6) is 0 Å². The van der Waals surface area contributed by atoms with Crippen LogP contribution >= 0.6 is 11.8 Å². The van der Waals surface area contributed by atoms with Crippen LogP contribution in [-0.2, 0) is 0 Å². The molecule has 0 spiro atoms. The molecule has 0 fully saturated rings. The Balaban J connectivity index is 2.68. The summed E-state index contributed by atoms with van der Waals surface area (Å²) < 4.78 is 0. The predicted octanol–water partition coefficient (Wildman–Crippen LogP) is 3.60. The number of benzene rings is 1. The Labute approximate surface area is 91.1 Å². The third-order valence-electron chi connectivity index (χ3n) is 2.12. The smallest absolute Gasteiger partial charge is 0.0292 e. The summed E-state index contributed by atoms with van der Waals surface area (Å²) in [6.45, 7) is 6.52. The summed E-state index contributed by atoms with van der Waals surface area (Å²) in [5, 5.41) is 0.640. The third-order valence-corrected chi connectivity index (χ3v) is 3.14. The van der Waals surface area contributed by atoms with E-state index in [2.05, 4.69) is 45.0 Å². The van der Waals surface area contributed by atoms with E-state index in [9.17, 15) is 0 Å². The summed E-state index contributed by atoms with van der Waals surface area (Å²) in [7, 11) is 0. The van der Waals surface area contributed by atoms with Gasteiger partial charge in [-0.3, -0.25) is 0 Å². The lowest BCUT2D eigenvalue weighted by molar-refractivity contribution is 0.698. The van der Waals surface area contributed by atoms with Gasteiger partial charge in [-0.15, -0.1) is 11.8 Å². The maximum absolute atomic E-state index is 5.94. The number of thioether (sulfide) groups is 1. The minimum absolute atomic E-state index is 0.188. The minimum Gasteiger partial charge on any atom is -0.324 e. The summed E-state index contributed by atoms with van der Waals surface area (Å²) in [6.07, 6.45) is 0.997. The molecule has 1 nitrogen and oxygen atoms in total. The fourth-order valence-electron chi connectivity index (χ4n) is 1.30. The number of hydrogen-bond donors (Lipinski definition) is 1. The lowest BCUT2D eigenvalue weighted by Crippen LogP contribution is -2.08. The fourth-order valence-corrected chi connectivity index (χ4v) is 2.14. The van der Waals surface area contributed by atoms with E-state index in [1.165, 1.54) is 10.5 Å². The zero-order valence-corrected chi connectivity index (χ0v) is 9.97. The summed E-state index contributed by atoms with van der Waals surface area (Å²) in [5.74, 6) is 0. The standard InChI is InChI=1S/C12H19NS/c1-4-12(13)10-5-7-11(8-6-10)14-9(2)3/h5-9,12H,4,13H2,1-3H3/t12-/m1/s1. The van der Waals surface area contributed by atoms with Gasteiger partial charge in [-0.2, -0.15) is 0 Å². The molecule has 0 unspecified atom stereocenters. The van der Waals surface area contributed by atoms with E-state index in [-0.39, 0.29) is 6.04 Å². The van der Waals surface area contributed by atoms with Crippen LogP contribution < -0.4 is 5.73 Å². The van der Waals surface area contributed by atoms with E-state index in [0.29, 0.717) is 5.25 Å². The molecule has 0 aliphatic rings. The Hall–Kier alpha value is -0.470. The Bertz CT molecular complexity index is 266. The molecule has 0 radical (unpaired) electrons. The quantitative estimate of drug-likeness (QED) is 0.767. The summed E-state index contributed by atoms with van der Waals surface area (Å²) >= 11 is 1.89. The molecule has 1 aromatic carbocycles. The van der Waals surface area contributed by atoms with E-state index in [4.69, 9.17) is 5.73 Å². The van der Waals surface area contributed by atoms with Crippen molar-refractivity contribution in [2.45, 2.75) is 43.4 Å². The number of hydrogen-bond acceptors (Lipinski definition) is 2. The van der Waals surface area contributed by atoms with Gasteiger partial charge in [0, 0.05) is 16.2 Å². The van der Waals surface area contributed by atoms with Gasteiger partial charge >= 0.3 is 0 Å². The molecular weight excluding hydrogens is 190 g/mol. The molecule has 1 rings (SSSR count). The first-order valence-corrected chi connectivity index (χ1v) is 6.03. The zero-order chi connectivity index (χ0) is 10.6. The van der Waals surface area contributed by atoms with Crippen LogP contribution in [0.2, 0.25) is 0 Å². The van der Waals surface area contributed by atoms with Crippen LogP contribution in [0, 0.1) is 0 Å². The lowest BCUT2D eigenvalue weighted by atomic mass is 10.1.